The minimum atomic E-state index is 0.444. The summed E-state index contributed by atoms with van der Waals surface area (Å²) in [5.41, 5.74) is 9.99. The van der Waals surface area contributed by atoms with Crippen LogP contribution in [0.15, 0.2) is 36.4 Å². The molecule has 3 nitrogen and oxygen atoms in total. The first-order valence-corrected chi connectivity index (χ1v) is 12.5. The van der Waals surface area contributed by atoms with Crippen LogP contribution in [-0.2, 0) is 7.05 Å². The average molecular weight is 438 g/mol. The molecule has 1 aliphatic heterocycles. The highest BCUT2D eigenvalue weighted by atomic mass is 16.5. The number of benzene rings is 3. The van der Waals surface area contributed by atoms with E-state index in [9.17, 15) is 0 Å². The summed E-state index contributed by atoms with van der Waals surface area (Å²) < 4.78 is 8.96. The van der Waals surface area contributed by atoms with Gasteiger partial charge in [-0.2, -0.15) is 4.57 Å². The van der Waals surface area contributed by atoms with Crippen LogP contribution in [0.1, 0.15) is 80.0 Å². The van der Waals surface area contributed by atoms with Gasteiger partial charge in [-0.3, -0.25) is 0 Å². The van der Waals surface area contributed by atoms with Crippen LogP contribution in [0.3, 0.4) is 0 Å². The maximum Gasteiger partial charge on any atom is 0.294 e. The molecule has 1 aromatic heterocycles. The van der Waals surface area contributed by atoms with Crippen molar-refractivity contribution in [1.29, 1.82) is 0 Å². The molecule has 2 heterocycles. The highest BCUT2D eigenvalue weighted by molar-refractivity contribution is 6.05. The molecule has 0 N–H and O–H groups in total. The Hall–Kier alpha value is -2.94. The van der Waals surface area contributed by atoms with E-state index in [4.69, 9.17) is 9.72 Å². The van der Waals surface area contributed by atoms with Crippen molar-refractivity contribution in [1.82, 2.24) is 4.98 Å². The van der Waals surface area contributed by atoms with Gasteiger partial charge in [0.05, 0.1) is 5.56 Å². The minimum Gasteiger partial charge on any atom is -0.433 e. The van der Waals surface area contributed by atoms with E-state index in [0.717, 1.165) is 22.8 Å². The molecule has 0 atom stereocenters. The molecule has 0 bridgehead atoms. The fraction of sp³-hybridized carbons (Fsp3) is 0.400. The summed E-state index contributed by atoms with van der Waals surface area (Å²) in [6, 6.07) is 13.6. The third-order valence-electron chi connectivity index (χ3n) is 8.06. The first kappa shape index (κ1) is 20.7. The van der Waals surface area contributed by atoms with Gasteiger partial charge in [0.1, 0.15) is 18.3 Å². The van der Waals surface area contributed by atoms with E-state index in [1.54, 1.807) is 0 Å². The summed E-state index contributed by atoms with van der Waals surface area (Å²) in [6.45, 7) is 8.95. The van der Waals surface area contributed by atoms with Crippen LogP contribution in [0, 0.1) is 13.8 Å². The molecule has 1 aliphatic carbocycles. The van der Waals surface area contributed by atoms with Gasteiger partial charge in [0, 0.05) is 11.5 Å². The zero-order valence-corrected chi connectivity index (χ0v) is 20.5. The van der Waals surface area contributed by atoms with Crippen molar-refractivity contribution in [3.8, 4) is 22.9 Å². The first-order chi connectivity index (χ1) is 15.9. The topological polar surface area (TPSA) is 26.0 Å². The molecule has 3 heteroatoms. The van der Waals surface area contributed by atoms with E-state index in [-0.39, 0.29) is 0 Å². The highest BCUT2D eigenvalue weighted by Gasteiger charge is 2.34. The molecule has 6 rings (SSSR count). The molecular formula is C30H33N2O+. The van der Waals surface area contributed by atoms with E-state index in [0.29, 0.717) is 11.8 Å². The van der Waals surface area contributed by atoms with Gasteiger partial charge in [0.2, 0.25) is 5.52 Å². The predicted octanol–water partition coefficient (Wildman–Crippen LogP) is 7.77. The second-order valence-corrected chi connectivity index (χ2v) is 10.4. The maximum absolute atomic E-state index is 6.63. The van der Waals surface area contributed by atoms with Gasteiger partial charge in [-0.25, -0.2) is 4.98 Å². The molecule has 0 saturated heterocycles. The summed E-state index contributed by atoms with van der Waals surface area (Å²) in [5, 5.41) is 2.48. The lowest BCUT2D eigenvalue weighted by Gasteiger charge is -2.25. The van der Waals surface area contributed by atoms with Crippen LogP contribution in [0.5, 0.6) is 11.6 Å². The zero-order valence-electron chi connectivity index (χ0n) is 20.5. The second kappa shape index (κ2) is 7.55. The van der Waals surface area contributed by atoms with Crippen LogP contribution in [0.4, 0.5) is 0 Å². The zero-order chi connectivity index (χ0) is 22.9. The van der Waals surface area contributed by atoms with Crippen LogP contribution >= 0.6 is 0 Å². The van der Waals surface area contributed by atoms with Crippen molar-refractivity contribution >= 4 is 21.8 Å². The van der Waals surface area contributed by atoms with E-state index in [2.05, 4.69) is 75.7 Å². The van der Waals surface area contributed by atoms with Gasteiger partial charge in [-0.1, -0.05) is 57.4 Å². The van der Waals surface area contributed by atoms with Gasteiger partial charge >= 0.3 is 0 Å². The van der Waals surface area contributed by atoms with Crippen molar-refractivity contribution in [2.75, 3.05) is 0 Å². The fourth-order valence-electron chi connectivity index (χ4n) is 6.03. The number of ether oxygens (including phenoxy) is 1. The SMILES string of the molecule is Cc1cc2cc(C(C)C)cc3c2c(c1C)-c1c(nc2c(C4CCCCC4)cccc2[n+]1C)O3. The van der Waals surface area contributed by atoms with Crippen LogP contribution in [0.25, 0.3) is 33.1 Å². The molecule has 2 aliphatic rings. The van der Waals surface area contributed by atoms with Gasteiger partial charge in [0.25, 0.3) is 11.6 Å². The Labute approximate surface area is 196 Å². The monoisotopic (exact) mass is 437 g/mol. The van der Waals surface area contributed by atoms with Gasteiger partial charge in [-0.05, 0) is 72.2 Å². The van der Waals surface area contributed by atoms with Crippen molar-refractivity contribution in [2.24, 2.45) is 7.05 Å². The first-order valence-electron chi connectivity index (χ1n) is 12.5. The molecule has 0 spiro atoms. The van der Waals surface area contributed by atoms with E-state index in [1.807, 2.05) is 0 Å². The number of hydrogen-bond acceptors (Lipinski definition) is 2. The van der Waals surface area contributed by atoms with Crippen molar-refractivity contribution < 1.29 is 9.30 Å². The number of para-hydroxylation sites is 1. The fourth-order valence-corrected chi connectivity index (χ4v) is 6.03. The third-order valence-corrected chi connectivity index (χ3v) is 8.06. The predicted molar refractivity (Wildman–Crippen MR) is 135 cm³/mol. The highest BCUT2D eigenvalue weighted by Crippen LogP contribution is 2.48. The maximum atomic E-state index is 6.63. The number of aromatic nitrogens is 2. The smallest absolute Gasteiger partial charge is 0.294 e. The molecule has 1 saturated carbocycles. The minimum absolute atomic E-state index is 0.444. The largest absolute Gasteiger partial charge is 0.433 e. The Morgan fingerprint density at radius 1 is 1.03 bits per heavy atom. The Bertz CT molecular complexity index is 1430. The van der Waals surface area contributed by atoms with Crippen molar-refractivity contribution in [3.05, 3.63) is 58.7 Å². The molecule has 0 unspecified atom stereocenters. The van der Waals surface area contributed by atoms with Crippen molar-refractivity contribution in [3.63, 3.8) is 0 Å². The number of aryl methyl sites for hydroxylation is 2. The van der Waals surface area contributed by atoms with Crippen molar-refractivity contribution in [2.45, 2.75) is 71.6 Å². The number of fused-ring (bicyclic) bond motifs is 3. The Morgan fingerprint density at radius 3 is 2.58 bits per heavy atom. The van der Waals surface area contributed by atoms with E-state index < -0.39 is 0 Å². The van der Waals surface area contributed by atoms with Crippen LogP contribution in [-0.4, -0.2) is 4.98 Å². The Kier molecular flexibility index (Phi) is 4.72. The van der Waals surface area contributed by atoms with E-state index in [1.165, 1.54) is 76.2 Å². The summed E-state index contributed by atoms with van der Waals surface area (Å²) in [4.78, 5) is 5.24. The Balaban J connectivity index is 1.67. The standard InChI is InChI=1S/C30H33N2O/c1-17(2)21-15-22-14-18(3)19(4)26-27(22)25(16-21)33-30-29(26)32(5)24-13-9-12-23(28(24)31-30)20-10-7-6-8-11-20/h9,12-17,20H,6-8,10-11H2,1-5H3/q+1. The lowest BCUT2D eigenvalue weighted by atomic mass is 9.83. The van der Waals surface area contributed by atoms with Crippen LogP contribution in [0.2, 0.25) is 0 Å². The molecule has 4 aromatic rings. The lowest BCUT2D eigenvalue weighted by Crippen LogP contribution is -2.34. The molecule has 168 valence electrons. The lowest BCUT2D eigenvalue weighted by molar-refractivity contribution is -0.634. The normalized spacial score (nSPS) is 15.8. The molecule has 1 fully saturated rings. The van der Waals surface area contributed by atoms with Gasteiger partial charge < -0.3 is 4.74 Å². The quantitative estimate of drug-likeness (QED) is 0.264. The summed E-state index contributed by atoms with van der Waals surface area (Å²) >= 11 is 0. The Morgan fingerprint density at radius 2 is 1.82 bits per heavy atom. The van der Waals surface area contributed by atoms with E-state index >= 15 is 0 Å². The second-order valence-electron chi connectivity index (χ2n) is 10.4. The number of nitrogens with zero attached hydrogens (tertiary/aromatic N) is 2. The molecule has 33 heavy (non-hydrogen) atoms. The molecule has 3 aromatic carbocycles. The van der Waals surface area contributed by atoms with Gasteiger partial charge in [0.15, 0.2) is 0 Å². The summed E-state index contributed by atoms with van der Waals surface area (Å²) in [5.74, 6) is 2.74. The summed E-state index contributed by atoms with van der Waals surface area (Å²) in [6.07, 6.45) is 6.53. The molecule has 0 amide bonds. The number of hydrogen-bond donors (Lipinski definition) is 0. The average Bonchev–Trinajstić information content (AvgIpc) is 2.81. The van der Waals surface area contributed by atoms with Gasteiger partial charge in [-0.15, -0.1) is 0 Å². The van der Waals surface area contributed by atoms with Crippen LogP contribution < -0.4 is 9.30 Å². The summed E-state index contributed by atoms with van der Waals surface area (Å²) in [7, 11) is 2.18. The number of rotatable bonds is 2. The molecule has 0 radical (unpaired) electrons. The third kappa shape index (κ3) is 3.08. The molecular weight excluding hydrogens is 404 g/mol.